The van der Waals surface area contributed by atoms with Crippen molar-refractivity contribution in [2.75, 3.05) is 41.7 Å². The highest BCUT2D eigenvalue weighted by Gasteiger charge is 2.41. The molecule has 2 N–H and O–H groups in total. The van der Waals surface area contributed by atoms with Crippen LogP contribution in [0.2, 0.25) is 0 Å². The molecule has 0 saturated carbocycles. The lowest BCUT2D eigenvalue weighted by atomic mass is 10.1. The second-order valence-electron chi connectivity index (χ2n) is 4.81. The van der Waals surface area contributed by atoms with Crippen LogP contribution in [0.3, 0.4) is 0 Å². The van der Waals surface area contributed by atoms with E-state index in [-0.39, 0.29) is 0 Å². The SMILES string of the molecule is COC(=O)OC[C@H](OC(=O)OC)[C@H](OC(=O)OC)[C@@H](COP(=O)(O)O)OC(=O)OC. The van der Waals surface area contributed by atoms with Crippen molar-refractivity contribution in [3.05, 3.63) is 0 Å². The predicted octanol–water partition coefficient (Wildman–Crippen LogP) is 0.333. The molecule has 17 heteroatoms. The first-order valence-corrected chi connectivity index (χ1v) is 9.15. The maximum atomic E-state index is 11.6. The second kappa shape index (κ2) is 13.4. The number of hydrogen-bond acceptors (Lipinski definition) is 14. The van der Waals surface area contributed by atoms with Crippen molar-refractivity contribution in [2.45, 2.75) is 18.3 Å². The van der Waals surface area contributed by atoms with Crippen molar-refractivity contribution < 1.29 is 75.9 Å². The molecule has 3 atom stereocenters. The highest BCUT2D eigenvalue weighted by molar-refractivity contribution is 7.46. The number of methoxy groups -OCH3 is 4. The number of ether oxygens (including phenoxy) is 8. The van der Waals surface area contributed by atoms with Crippen LogP contribution in [0, 0.1) is 0 Å². The highest BCUT2D eigenvalue weighted by atomic mass is 31.2. The molecule has 0 heterocycles. The Balaban J connectivity index is 5.95. The van der Waals surface area contributed by atoms with E-state index in [0.29, 0.717) is 0 Å². The minimum Gasteiger partial charge on any atom is -0.438 e. The van der Waals surface area contributed by atoms with Gasteiger partial charge < -0.3 is 47.7 Å². The third-order valence-electron chi connectivity index (χ3n) is 2.90. The molecule has 0 aliphatic rings. The Hall–Kier alpha value is -2.81. The van der Waals surface area contributed by atoms with Crippen LogP contribution < -0.4 is 0 Å². The van der Waals surface area contributed by atoms with Gasteiger partial charge in [-0.15, -0.1) is 0 Å². The van der Waals surface area contributed by atoms with Gasteiger partial charge in [-0.1, -0.05) is 0 Å². The van der Waals surface area contributed by atoms with Gasteiger partial charge in [0.1, 0.15) is 6.61 Å². The maximum Gasteiger partial charge on any atom is 0.508 e. The van der Waals surface area contributed by atoms with Gasteiger partial charge in [0, 0.05) is 0 Å². The lowest BCUT2D eigenvalue weighted by Gasteiger charge is -2.30. The molecule has 174 valence electrons. The third-order valence-corrected chi connectivity index (χ3v) is 3.38. The van der Waals surface area contributed by atoms with Crippen LogP contribution >= 0.6 is 7.82 Å². The first-order chi connectivity index (χ1) is 14.0. The molecule has 0 saturated heterocycles. The smallest absolute Gasteiger partial charge is 0.438 e. The number of hydrogen-bond donors (Lipinski definition) is 2. The molecule has 0 aliphatic carbocycles. The third kappa shape index (κ3) is 11.3. The lowest BCUT2D eigenvalue weighted by molar-refractivity contribution is -0.125. The molecule has 0 spiro atoms. The first-order valence-electron chi connectivity index (χ1n) is 7.62. The zero-order chi connectivity index (χ0) is 23.3. The molecule has 0 radical (unpaired) electrons. The second-order valence-corrected chi connectivity index (χ2v) is 6.05. The molecule has 0 unspecified atom stereocenters. The zero-order valence-corrected chi connectivity index (χ0v) is 17.1. The molecule has 0 aromatic heterocycles. The average molecular weight is 464 g/mol. The van der Waals surface area contributed by atoms with E-state index >= 15 is 0 Å². The van der Waals surface area contributed by atoms with Crippen molar-refractivity contribution >= 4 is 32.4 Å². The summed E-state index contributed by atoms with van der Waals surface area (Å²) >= 11 is 0. The van der Waals surface area contributed by atoms with Gasteiger partial charge in [0.25, 0.3) is 0 Å². The monoisotopic (exact) mass is 464 g/mol. The largest absolute Gasteiger partial charge is 0.508 e. The van der Waals surface area contributed by atoms with Crippen LogP contribution in [0.4, 0.5) is 19.2 Å². The Kier molecular flexibility index (Phi) is 12.2. The standard InChI is InChI=1S/C13H21O16P/c1-21-10(14)25-5-7(27-11(15)22-2)9(29-13(17)24-4)8(28-12(16)23-3)6-26-30(18,19)20/h7-9H,5-6H2,1-4H3,(H2,18,19,20)/t7-,8+,9-/m0/s1. The molecule has 30 heavy (non-hydrogen) atoms. The van der Waals surface area contributed by atoms with E-state index in [9.17, 15) is 23.7 Å². The fourth-order valence-corrected chi connectivity index (χ4v) is 2.01. The summed E-state index contributed by atoms with van der Waals surface area (Å²) in [7, 11) is -1.39. The normalized spacial score (nSPS) is 13.7. The number of carbonyl (C=O) groups is 4. The van der Waals surface area contributed by atoms with Crippen molar-refractivity contribution in [3.8, 4) is 0 Å². The lowest BCUT2D eigenvalue weighted by Crippen LogP contribution is -2.49. The molecule has 0 rings (SSSR count). The van der Waals surface area contributed by atoms with Gasteiger partial charge in [-0.2, -0.15) is 0 Å². The summed E-state index contributed by atoms with van der Waals surface area (Å²) in [5.74, 6) is 0. The van der Waals surface area contributed by atoms with Crippen molar-refractivity contribution in [1.82, 2.24) is 0 Å². The molecule has 16 nitrogen and oxygen atoms in total. The Morgan fingerprint density at radius 1 is 0.700 bits per heavy atom. The molecule has 0 bridgehead atoms. The molecule has 0 fully saturated rings. The summed E-state index contributed by atoms with van der Waals surface area (Å²) < 4.78 is 51.5. The summed E-state index contributed by atoms with van der Waals surface area (Å²) in [6.45, 7) is -1.93. The minimum absolute atomic E-state index is 0.847. The summed E-state index contributed by atoms with van der Waals surface area (Å²) in [5, 5.41) is 0. The predicted molar refractivity (Wildman–Crippen MR) is 88.2 cm³/mol. The van der Waals surface area contributed by atoms with Crippen LogP contribution in [0.5, 0.6) is 0 Å². The Bertz CT molecular complexity index is 629. The van der Waals surface area contributed by atoms with Gasteiger partial charge in [-0.25, -0.2) is 23.7 Å². The number of phosphoric ester groups is 1. The van der Waals surface area contributed by atoms with E-state index in [1.165, 1.54) is 0 Å². The van der Waals surface area contributed by atoms with Crippen molar-refractivity contribution in [2.24, 2.45) is 0 Å². The number of phosphoric acid groups is 1. The summed E-state index contributed by atoms with van der Waals surface area (Å²) in [6.07, 6.45) is -10.9. The Labute approximate surface area is 169 Å². The summed E-state index contributed by atoms with van der Waals surface area (Å²) in [6, 6.07) is 0. The highest BCUT2D eigenvalue weighted by Crippen LogP contribution is 2.36. The maximum absolute atomic E-state index is 11.6. The van der Waals surface area contributed by atoms with Gasteiger partial charge in [0.05, 0.1) is 35.0 Å². The first kappa shape index (κ1) is 27.2. The van der Waals surface area contributed by atoms with Crippen molar-refractivity contribution in [1.29, 1.82) is 0 Å². The van der Waals surface area contributed by atoms with Crippen molar-refractivity contribution in [3.63, 3.8) is 0 Å². The van der Waals surface area contributed by atoms with E-state index in [1.807, 2.05) is 0 Å². The van der Waals surface area contributed by atoms with Crippen LogP contribution in [0.15, 0.2) is 0 Å². The van der Waals surface area contributed by atoms with Crippen LogP contribution in [0.1, 0.15) is 0 Å². The van der Waals surface area contributed by atoms with E-state index < -0.39 is 64.0 Å². The number of carbonyl (C=O) groups excluding carboxylic acids is 4. The van der Waals surface area contributed by atoms with Crippen LogP contribution in [0.25, 0.3) is 0 Å². The Morgan fingerprint density at radius 2 is 1.10 bits per heavy atom. The molecule has 0 amide bonds. The Morgan fingerprint density at radius 3 is 1.50 bits per heavy atom. The summed E-state index contributed by atoms with van der Waals surface area (Å²) in [4.78, 5) is 63.7. The minimum atomic E-state index is -5.09. The average Bonchev–Trinajstić information content (AvgIpc) is 2.70. The fourth-order valence-electron chi connectivity index (χ4n) is 1.67. The fraction of sp³-hybridized carbons (Fsp3) is 0.692. The number of rotatable bonds is 10. The topological polar surface area (TPSA) is 209 Å². The molecule has 0 aliphatic heterocycles. The quantitative estimate of drug-likeness (QED) is 0.253. The van der Waals surface area contributed by atoms with E-state index in [0.717, 1.165) is 28.4 Å². The van der Waals surface area contributed by atoms with E-state index in [1.54, 1.807) is 0 Å². The van der Waals surface area contributed by atoms with Gasteiger partial charge in [0.15, 0.2) is 18.3 Å². The van der Waals surface area contributed by atoms with Gasteiger partial charge >= 0.3 is 32.4 Å². The van der Waals surface area contributed by atoms with Gasteiger partial charge in [-0.05, 0) is 0 Å². The van der Waals surface area contributed by atoms with Gasteiger partial charge in [0.2, 0.25) is 0 Å². The molecule has 0 aromatic rings. The molecular formula is C13H21O16P. The van der Waals surface area contributed by atoms with Crippen LogP contribution in [-0.2, 0) is 47.0 Å². The molecular weight excluding hydrogens is 443 g/mol. The summed E-state index contributed by atoms with van der Waals surface area (Å²) in [5.41, 5.74) is 0. The van der Waals surface area contributed by atoms with E-state index in [4.69, 9.17) is 24.0 Å². The van der Waals surface area contributed by atoms with E-state index in [2.05, 4.69) is 28.2 Å². The zero-order valence-electron chi connectivity index (χ0n) is 16.2. The van der Waals surface area contributed by atoms with Crippen LogP contribution in [-0.4, -0.2) is 94.4 Å². The van der Waals surface area contributed by atoms with Gasteiger partial charge in [-0.3, -0.25) is 4.52 Å². The molecule has 0 aromatic carbocycles.